The molecule has 15 heteroatoms. The summed E-state index contributed by atoms with van der Waals surface area (Å²) in [6, 6.07) is 22.7. The van der Waals surface area contributed by atoms with Gasteiger partial charge in [0.15, 0.2) is 0 Å². The zero-order valence-corrected chi connectivity index (χ0v) is 34.1. The fraction of sp³-hybridized carbons (Fsp3) is 0.475. The van der Waals surface area contributed by atoms with Gasteiger partial charge in [0.05, 0.1) is 6.26 Å². The van der Waals surface area contributed by atoms with Crippen LogP contribution in [0.2, 0.25) is 0 Å². The standard InChI is InChI=1S/C40H59N9O5S/c1-7-20-47(5)23-26-52-35-17-11-14-32(29-35)41-38-44-39(42-33-15-12-18-36(30-33)53-27-24-48(10-4)21-8-2)46-40(45-38)43-34-16-13-19-37(31-34)54-28-25-49(22-9-3)55(6,50)51/h11-19,29-31H,7-10,20-28H2,1-6H3,(H3,41,42,43,44,45,46). The van der Waals surface area contributed by atoms with Gasteiger partial charge in [-0.15, -0.1) is 0 Å². The Kier molecular flexibility index (Phi) is 17.7. The summed E-state index contributed by atoms with van der Waals surface area (Å²) < 4.78 is 43.8. The minimum Gasteiger partial charge on any atom is -0.492 e. The fourth-order valence-corrected chi connectivity index (χ4v) is 6.65. The molecule has 55 heavy (non-hydrogen) atoms. The van der Waals surface area contributed by atoms with E-state index in [1.165, 1.54) is 10.6 Å². The first kappa shape index (κ1) is 43.0. The van der Waals surface area contributed by atoms with Crippen LogP contribution in [0.1, 0.15) is 47.0 Å². The molecular formula is C40H59N9O5S. The second-order valence-electron chi connectivity index (χ2n) is 13.2. The molecule has 300 valence electrons. The lowest BCUT2D eigenvalue weighted by Crippen LogP contribution is -2.34. The summed E-state index contributed by atoms with van der Waals surface area (Å²) in [5.74, 6) is 2.97. The Hall–Kier alpha value is -4.70. The lowest BCUT2D eigenvalue weighted by molar-refractivity contribution is 0.216. The number of hydrogen-bond donors (Lipinski definition) is 3. The maximum atomic E-state index is 12.1. The van der Waals surface area contributed by atoms with Gasteiger partial charge >= 0.3 is 0 Å². The number of aromatic nitrogens is 3. The summed E-state index contributed by atoms with van der Waals surface area (Å²) in [5.41, 5.74) is 2.19. The Morgan fingerprint density at radius 3 is 1.38 bits per heavy atom. The Morgan fingerprint density at radius 1 is 0.564 bits per heavy atom. The van der Waals surface area contributed by atoms with E-state index in [0.717, 1.165) is 74.9 Å². The van der Waals surface area contributed by atoms with Gasteiger partial charge < -0.3 is 40.0 Å². The van der Waals surface area contributed by atoms with E-state index in [2.05, 4.69) is 63.5 Å². The number of likely N-dealkylation sites (N-methyl/N-ethyl adjacent to an activating group) is 2. The van der Waals surface area contributed by atoms with E-state index in [-0.39, 0.29) is 19.1 Å². The third-order valence-electron chi connectivity index (χ3n) is 8.47. The number of anilines is 6. The van der Waals surface area contributed by atoms with E-state index in [1.807, 2.05) is 79.7 Å². The molecule has 0 saturated carbocycles. The molecular weight excluding hydrogens is 719 g/mol. The van der Waals surface area contributed by atoms with Gasteiger partial charge in [-0.2, -0.15) is 19.3 Å². The van der Waals surface area contributed by atoms with Crippen molar-refractivity contribution in [3.8, 4) is 17.2 Å². The second kappa shape index (κ2) is 22.6. The summed E-state index contributed by atoms with van der Waals surface area (Å²) in [5, 5.41) is 9.91. The minimum atomic E-state index is -3.32. The quantitative estimate of drug-likeness (QED) is 0.0603. The van der Waals surface area contributed by atoms with E-state index >= 15 is 0 Å². The van der Waals surface area contributed by atoms with Crippen LogP contribution in [0.4, 0.5) is 34.9 Å². The van der Waals surface area contributed by atoms with Crippen LogP contribution in [-0.4, -0.2) is 116 Å². The van der Waals surface area contributed by atoms with Gasteiger partial charge in [0.2, 0.25) is 27.9 Å². The predicted molar refractivity (Wildman–Crippen MR) is 222 cm³/mol. The van der Waals surface area contributed by atoms with Crippen molar-refractivity contribution in [2.45, 2.75) is 47.0 Å². The molecule has 1 aromatic heterocycles. The largest absolute Gasteiger partial charge is 0.492 e. The van der Waals surface area contributed by atoms with Crippen LogP contribution in [0, 0.1) is 0 Å². The summed E-state index contributed by atoms with van der Waals surface area (Å²) >= 11 is 0. The highest BCUT2D eigenvalue weighted by atomic mass is 32.2. The van der Waals surface area contributed by atoms with Crippen molar-refractivity contribution in [3.05, 3.63) is 72.8 Å². The summed E-state index contributed by atoms with van der Waals surface area (Å²) in [6.45, 7) is 15.2. The molecule has 3 N–H and O–H groups in total. The minimum absolute atomic E-state index is 0.209. The van der Waals surface area contributed by atoms with Crippen molar-refractivity contribution in [1.82, 2.24) is 29.1 Å². The Morgan fingerprint density at radius 2 is 0.982 bits per heavy atom. The lowest BCUT2D eigenvalue weighted by Gasteiger charge is -2.19. The molecule has 0 saturated heterocycles. The molecule has 0 amide bonds. The van der Waals surface area contributed by atoms with Crippen molar-refractivity contribution in [2.75, 3.05) is 94.9 Å². The normalized spacial score (nSPS) is 11.6. The molecule has 1 heterocycles. The Balaban J connectivity index is 1.52. The van der Waals surface area contributed by atoms with Crippen molar-refractivity contribution < 1.29 is 22.6 Å². The van der Waals surface area contributed by atoms with Crippen LogP contribution in [0.15, 0.2) is 72.8 Å². The number of nitrogens with zero attached hydrogens (tertiary/aromatic N) is 6. The Bertz CT molecular complexity index is 1850. The number of sulfonamides is 1. The topological polar surface area (TPSA) is 146 Å². The highest BCUT2D eigenvalue weighted by Gasteiger charge is 2.16. The molecule has 0 fully saturated rings. The number of nitrogens with one attached hydrogen (secondary N) is 3. The predicted octanol–water partition coefficient (Wildman–Crippen LogP) is 6.98. The van der Waals surface area contributed by atoms with E-state index in [1.54, 1.807) is 0 Å². The molecule has 0 atom stereocenters. The number of hydrogen-bond acceptors (Lipinski definition) is 13. The maximum absolute atomic E-state index is 12.1. The van der Waals surface area contributed by atoms with E-state index in [4.69, 9.17) is 19.2 Å². The molecule has 0 spiro atoms. The summed E-state index contributed by atoms with van der Waals surface area (Å²) in [6.07, 6.45) is 4.13. The molecule has 0 unspecified atom stereocenters. The molecule has 0 aliphatic heterocycles. The summed E-state index contributed by atoms with van der Waals surface area (Å²) in [4.78, 5) is 18.7. The van der Waals surface area contributed by atoms with Crippen molar-refractivity contribution >= 4 is 44.9 Å². The molecule has 0 aliphatic rings. The molecule has 14 nitrogen and oxygen atoms in total. The van der Waals surface area contributed by atoms with Gasteiger partial charge in [-0.1, -0.05) is 45.9 Å². The average molecular weight is 778 g/mol. The first-order valence-electron chi connectivity index (χ1n) is 19.2. The van der Waals surface area contributed by atoms with Crippen LogP contribution in [0.3, 0.4) is 0 Å². The van der Waals surface area contributed by atoms with Gasteiger partial charge in [0.1, 0.15) is 37.1 Å². The molecule has 3 aromatic carbocycles. The van der Waals surface area contributed by atoms with Crippen LogP contribution < -0.4 is 30.2 Å². The molecule has 0 radical (unpaired) electrons. The van der Waals surface area contributed by atoms with Crippen molar-refractivity contribution in [3.63, 3.8) is 0 Å². The average Bonchev–Trinajstić information content (AvgIpc) is 3.14. The van der Waals surface area contributed by atoms with Crippen LogP contribution >= 0.6 is 0 Å². The number of rotatable bonds is 26. The summed E-state index contributed by atoms with van der Waals surface area (Å²) in [7, 11) is -1.23. The zero-order chi connectivity index (χ0) is 39.5. The Labute approximate surface area is 327 Å². The van der Waals surface area contributed by atoms with E-state index in [9.17, 15) is 8.42 Å². The monoisotopic (exact) mass is 777 g/mol. The van der Waals surface area contributed by atoms with Gasteiger partial charge in [0.25, 0.3) is 0 Å². The molecule has 4 aromatic rings. The third-order valence-corrected chi connectivity index (χ3v) is 9.77. The lowest BCUT2D eigenvalue weighted by atomic mass is 10.3. The highest BCUT2D eigenvalue weighted by Crippen LogP contribution is 2.26. The van der Waals surface area contributed by atoms with Crippen molar-refractivity contribution in [1.29, 1.82) is 0 Å². The van der Waals surface area contributed by atoms with Gasteiger partial charge in [-0.3, -0.25) is 0 Å². The maximum Gasteiger partial charge on any atom is 0.233 e. The number of ether oxygens (including phenoxy) is 3. The van der Waals surface area contributed by atoms with Crippen LogP contribution in [0.5, 0.6) is 17.2 Å². The van der Waals surface area contributed by atoms with Crippen molar-refractivity contribution in [2.24, 2.45) is 0 Å². The highest BCUT2D eigenvalue weighted by molar-refractivity contribution is 7.88. The smallest absolute Gasteiger partial charge is 0.233 e. The van der Waals surface area contributed by atoms with Crippen LogP contribution in [-0.2, 0) is 10.0 Å². The first-order valence-corrected chi connectivity index (χ1v) is 21.0. The molecule has 4 rings (SSSR count). The number of benzene rings is 3. The SMILES string of the molecule is CCCN(C)CCOc1cccc(Nc2nc(Nc3cccc(OCCN(CC)CCC)c3)nc(Nc3cccc(OCCN(CCC)S(C)(=O)=O)c3)n2)c1. The first-order chi connectivity index (χ1) is 26.6. The molecule has 0 aliphatic carbocycles. The van der Waals surface area contributed by atoms with Crippen LogP contribution in [0.25, 0.3) is 0 Å². The second-order valence-corrected chi connectivity index (χ2v) is 15.2. The zero-order valence-electron chi connectivity index (χ0n) is 33.3. The van der Waals surface area contributed by atoms with Gasteiger partial charge in [-0.05, 0) is 82.3 Å². The van der Waals surface area contributed by atoms with E-state index < -0.39 is 10.0 Å². The van der Waals surface area contributed by atoms with E-state index in [0.29, 0.717) is 43.1 Å². The van der Waals surface area contributed by atoms with Gasteiger partial charge in [0, 0.05) is 61.4 Å². The molecule has 0 bridgehead atoms. The van der Waals surface area contributed by atoms with Gasteiger partial charge in [-0.25, -0.2) is 8.42 Å². The fourth-order valence-electron chi connectivity index (χ4n) is 5.73. The third kappa shape index (κ3) is 15.5.